The van der Waals surface area contributed by atoms with Gasteiger partial charge in [-0.1, -0.05) is 0 Å². The lowest BCUT2D eigenvalue weighted by Crippen LogP contribution is -2.32. The lowest BCUT2D eigenvalue weighted by molar-refractivity contribution is -0.125. The zero-order valence-corrected chi connectivity index (χ0v) is 5.77. The predicted molar refractivity (Wildman–Crippen MR) is 33.2 cm³/mol. The first-order valence-electron chi connectivity index (χ1n) is 3.31. The van der Waals surface area contributed by atoms with Crippen LogP contribution in [0.1, 0.15) is 13.3 Å². The molecule has 0 aromatic heterocycles. The van der Waals surface area contributed by atoms with Crippen molar-refractivity contribution in [1.29, 1.82) is 0 Å². The number of hydrogen-bond acceptors (Lipinski definition) is 4. The fourth-order valence-electron chi connectivity index (χ4n) is 1.10. The van der Waals surface area contributed by atoms with E-state index >= 15 is 0 Å². The van der Waals surface area contributed by atoms with Gasteiger partial charge in [0, 0.05) is 6.42 Å². The molecule has 3 N–H and O–H groups in total. The zero-order valence-electron chi connectivity index (χ0n) is 5.77. The van der Waals surface area contributed by atoms with Gasteiger partial charge in [-0.3, -0.25) is 0 Å². The molecule has 0 aromatic rings. The summed E-state index contributed by atoms with van der Waals surface area (Å²) in [6.45, 7) is 1.52. The molecule has 1 fully saturated rings. The molecule has 4 heteroatoms. The van der Waals surface area contributed by atoms with Crippen molar-refractivity contribution >= 4 is 0 Å². The molecule has 0 bridgehead atoms. The van der Waals surface area contributed by atoms with E-state index in [0.29, 0.717) is 0 Å². The fourth-order valence-corrected chi connectivity index (χ4v) is 1.10. The van der Waals surface area contributed by atoms with E-state index in [1.54, 1.807) is 0 Å². The quantitative estimate of drug-likeness (QED) is 0.438. The van der Waals surface area contributed by atoms with Gasteiger partial charge in [-0.15, -0.1) is 0 Å². The fraction of sp³-hybridized carbons (Fsp3) is 1.00. The van der Waals surface area contributed by atoms with Crippen molar-refractivity contribution in [3.63, 3.8) is 0 Å². The molecule has 0 amide bonds. The maximum absolute atomic E-state index is 9.08. The predicted octanol–water partition coefficient (Wildman–Crippen LogP) is -1.16. The Morgan fingerprint density at radius 3 is 2.30 bits per heavy atom. The Balaban J connectivity index is 2.46. The van der Waals surface area contributed by atoms with Crippen LogP contribution in [0.5, 0.6) is 0 Å². The average molecular weight is 148 g/mol. The maximum Gasteiger partial charge on any atom is 0.157 e. The van der Waals surface area contributed by atoms with E-state index in [9.17, 15) is 0 Å². The van der Waals surface area contributed by atoms with Crippen molar-refractivity contribution in [2.24, 2.45) is 0 Å². The van der Waals surface area contributed by atoms with Crippen molar-refractivity contribution < 1.29 is 20.1 Å². The highest BCUT2D eigenvalue weighted by Gasteiger charge is 2.35. The van der Waals surface area contributed by atoms with Crippen molar-refractivity contribution in [2.75, 3.05) is 0 Å². The van der Waals surface area contributed by atoms with Gasteiger partial charge in [0.05, 0.1) is 12.2 Å². The van der Waals surface area contributed by atoms with Crippen LogP contribution in [0, 0.1) is 0 Å². The Morgan fingerprint density at radius 2 is 2.10 bits per heavy atom. The van der Waals surface area contributed by atoms with Gasteiger partial charge in [0.15, 0.2) is 6.29 Å². The largest absolute Gasteiger partial charge is 0.391 e. The summed E-state index contributed by atoms with van der Waals surface area (Å²) >= 11 is 0. The van der Waals surface area contributed by atoms with E-state index in [1.807, 2.05) is 0 Å². The van der Waals surface area contributed by atoms with Gasteiger partial charge in [0.2, 0.25) is 0 Å². The summed E-state index contributed by atoms with van der Waals surface area (Å²) < 4.78 is 4.79. The average Bonchev–Trinajstić information content (AvgIpc) is 2.10. The highest BCUT2D eigenvalue weighted by atomic mass is 16.6. The number of rotatable bonds is 1. The van der Waals surface area contributed by atoms with Gasteiger partial charge >= 0.3 is 0 Å². The molecule has 0 spiro atoms. The molecule has 1 aliphatic rings. The van der Waals surface area contributed by atoms with Crippen LogP contribution >= 0.6 is 0 Å². The summed E-state index contributed by atoms with van der Waals surface area (Å²) in [6.07, 6.45) is -2.83. The summed E-state index contributed by atoms with van der Waals surface area (Å²) in [6, 6.07) is 0. The summed E-state index contributed by atoms with van der Waals surface area (Å²) in [5.74, 6) is 0. The second-order valence-corrected chi connectivity index (χ2v) is 2.60. The molecule has 0 radical (unpaired) electrons. The summed E-state index contributed by atoms with van der Waals surface area (Å²) in [5.41, 5.74) is 0. The van der Waals surface area contributed by atoms with Crippen LogP contribution < -0.4 is 0 Å². The Kier molecular flexibility index (Phi) is 2.25. The second-order valence-electron chi connectivity index (χ2n) is 2.60. The van der Waals surface area contributed by atoms with Crippen LogP contribution in [0.2, 0.25) is 0 Å². The second kappa shape index (κ2) is 2.84. The third kappa shape index (κ3) is 1.46. The molecule has 1 aliphatic heterocycles. The van der Waals surface area contributed by atoms with Gasteiger partial charge in [-0.05, 0) is 6.92 Å². The summed E-state index contributed by atoms with van der Waals surface area (Å²) in [4.78, 5) is 0. The summed E-state index contributed by atoms with van der Waals surface area (Å²) in [7, 11) is 0. The number of aliphatic hydroxyl groups excluding tert-OH is 3. The molecule has 4 atom stereocenters. The molecule has 1 heterocycles. The standard InChI is InChI=1S/C6H12O4/c1-3(7)6-4(8)2-5(9)10-6/h3-9H,2H2,1H3/t3-,4-,5?,6+/m0/s1. The minimum atomic E-state index is -0.922. The van der Waals surface area contributed by atoms with E-state index in [1.165, 1.54) is 6.92 Å². The molecule has 1 saturated heterocycles. The van der Waals surface area contributed by atoms with Crippen molar-refractivity contribution in [1.82, 2.24) is 0 Å². The van der Waals surface area contributed by atoms with Gasteiger partial charge < -0.3 is 20.1 Å². The molecular formula is C6H12O4. The van der Waals surface area contributed by atoms with E-state index in [2.05, 4.69) is 0 Å². The van der Waals surface area contributed by atoms with Gasteiger partial charge in [0.25, 0.3) is 0 Å². The molecule has 0 saturated carbocycles. The van der Waals surface area contributed by atoms with Crippen LogP contribution in [-0.4, -0.2) is 39.9 Å². The molecule has 0 aromatic carbocycles. The molecule has 4 nitrogen and oxygen atoms in total. The Hall–Kier alpha value is -0.160. The van der Waals surface area contributed by atoms with Crippen LogP contribution in [-0.2, 0) is 4.74 Å². The van der Waals surface area contributed by atoms with E-state index in [0.717, 1.165) is 0 Å². The first-order chi connectivity index (χ1) is 4.61. The normalized spacial score (nSPS) is 43.8. The number of aliphatic hydroxyl groups is 3. The van der Waals surface area contributed by atoms with Crippen molar-refractivity contribution in [3.05, 3.63) is 0 Å². The lowest BCUT2D eigenvalue weighted by Gasteiger charge is -2.15. The minimum absolute atomic E-state index is 0.190. The summed E-state index contributed by atoms with van der Waals surface area (Å²) in [5, 5.41) is 26.9. The highest BCUT2D eigenvalue weighted by molar-refractivity contribution is 4.80. The van der Waals surface area contributed by atoms with Crippen molar-refractivity contribution in [2.45, 2.75) is 37.9 Å². The van der Waals surface area contributed by atoms with Crippen LogP contribution in [0.25, 0.3) is 0 Å². The first-order valence-corrected chi connectivity index (χ1v) is 3.31. The SMILES string of the molecule is C[C@H](O)[C@H]1OC(O)C[C@@H]1O. The number of hydrogen-bond donors (Lipinski definition) is 3. The molecule has 1 unspecified atom stereocenters. The molecular weight excluding hydrogens is 136 g/mol. The zero-order chi connectivity index (χ0) is 7.72. The first kappa shape index (κ1) is 7.94. The Morgan fingerprint density at radius 1 is 1.50 bits per heavy atom. The van der Waals surface area contributed by atoms with Gasteiger partial charge in [-0.2, -0.15) is 0 Å². The van der Waals surface area contributed by atoms with E-state index < -0.39 is 24.6 Å². The maximum atomic E-state index is 9.08. The van der Waals surface area contributed by atoms with Crippen LogP contribution in [0.4, 0.5) is 0 Å². The topological polar surface area (TPSA) is 69.9 Å². The third-order valence-electron chi connectivity index (χ3n) is 1.61. The van der Waals surface area contributed by atoms with Crippen LogP contribution in [0.15, 0.2) is 0 Å². The van der Waals surface area contributed by atoms with E-state index in [4.69, 9.17) is 20.1 Å². The molecule has 60 valence electrons. The minimum Gasteiger partial charge on any atom is -0.391 e. The van der Waals surface area contributed by atoms with E-state index in [-0.39, 0.29) is 6.42 Å². The molecule has 0 aliphatic carbocycles. The van der Waals surface area contributed by atoms with Crippen LogP contribution in [0.3, 0.4) is 0 Å². The highest BCUT2D eigenvalue weighted by Crippen LogP contribution is 2.20. The monoisotopic (exact) mass is 148 g/mol. The lowest BCUT2D eigenvalue weighted by atomic mass is 10.1. The van der Waals surface area contributed by atoms with Gasteiger partial charge in [0.1, 0.15) is 6.10 Å². The Bertz CT molecular complexity index is 114. The molecule has 1 rings (SSSR count). The molecule has 10 heavy (non-hydrogen) atoms. The Labute approximate surface area is 59.1 Å². The van der Waals surface area contributed by atoms with Crippen molar-refractivity contribution in [3.8, 4) is 0 Å². The number of ether oxygens (including phenoxy) is 1. The smallest absolute Gasteiger partial charge is 0.157 e. The van der Waals surface area contributed by atoms with Gasteiger partial charge in [-0.25, -0.2) is 0 Å². The third-order valence-corrected chi connectivity index (χ3v) is 1.61.